The molecule has 0 radical (unpaired) electrons. The van der Waals surface area contributed by atoms with Crippen LogP contribution in [-0.2, 0) is 14.8 Å². The van der Waals surface area contributed by atoms with Gasteiger partial charge in [0.15, 0.2) is 0 Å². The van der Waals surface area contributed by atoms with Crippen molar-refractivity contribution in [3.8, 4) is 0 Å². The van der Waals surface area contributed by atoms with Gasteiger partial charge < -0.3 is 9.15 Å². The van der Waals surface area contributed by atoms with E-state index in [4.69, 9.17) is 9.15 Å². The van der Waals surface area contributed by atoms with Gasteiger partial charge in [0.05, 0.1) is 17.8 Å². The Balaban J connectivity index is 1.67. The molecule has 0 unspecified atom stereocenters. The topological polar surface area (TPSA) is 98.5 Å². The summed E-state index contributed by atoms with van der Waals surface area (Å²) < 4.78 is 41.2. The number of carbonyl (C=O) groups excluding carboxylic acids is 1. The summed E-state index contributed by atoms with van der Waals surface area (Å²) in [6, 6.07) is 17.5. The first-order valence-corrected chi connectivity index (χ1v) is 12.9. The number of nitrogens with one attached hydrogen (secondary N) is 1. The van der Waals surface area contributed by atoms with E-state index in [2.05, 4.69) is 9.71 Å². The van der Waals surface area contributed by atoms with Crippen molar-refractivity contribution in [1.29, 1.82) is 0 Å². The predicted molar refractivity (Wildman–Crippen MR) is 136 cm³/mol. The number of furan rings is 1. The van der Waals surface area contributed by atoms with Gasteiger partial charge in [-0.15, -0.1) is 0 Å². The van der Waals surface area contributed by atoms with E-state index in [1.54, 1.807) is 31.3 Å². The van der Waals surface area contributed by atoms with E-state index in [0.29, 0.717) is 50.9 Å². The largest absolute Gasteiger partial charge is 0.462 e. The smallest absolute Gasteiger partial charge is 0.342 e. The van der Waals surface area contributed by atoms with Gasteiger partial charge in [-0.2, -0.15) is 0 Å². The average Bonchev–Trinajstić information content (AvgIpc) is 3.19. The molecule has 1 N–H and O–H groups in total. The summed E-state index contributed by atoms with van der Waals surface area (Å²) in [5, 5.41) is 2.56. The summed E-state index contributed by atoms with van der Waals surface area (Å²) in [4.78, 5) is 17.2. The second-order valence-corrected chi connectivity index (χ2v) is 9.96. The maximum Gasteiger partial charge on any atom is 0.342 e. The number of benzene rings is 3. The zero-order valence-corrected chi connectivity index (χ0v) is 20.2. The molecule has 0 bridgehead atoms. The van der Waals surface area contributed by atoms with E-state index in [-0.39, 0.29) is 4.90 Å². The highest BCUT2D eigenvalue weighted by Crippen LogP contribution is 2.38. The number of ether oxygens (including phenoxy) is 1. The molecule has 0 amide bonds. The Morgan fingerprint density at radius 1 is 1.03 bits per heavy atom. The highest BCUT2D eigenvalue weighted by atomic mass is 32.2. The molecule has 2 aromatic heterocycles. The number of unbranched alkanes of at least 4 members (excludes halogenated alkanes) is 1. The van der Waals surface area contributed by atoms with Crippen LogP contribution in [0.1, 0.15) is 35.9 Å². The standard InChI is InChI=1S/C27H24N2O5S/c1-3-4-15-33-27(30)24-17(2)34-26-20-12-6-5-11-19(20)22(16-21(24)26)29-35(31,32)23-13-7-9-18-10-8-14-28-25(18)23/h5-14,16,29H,3-4,15H2,1-2H3. The van der Waals surface area contributed by atoms with Crippen LogP contribution in [0.15, 0.2) is 76.2 Å². The Kier molecular flexibility index (Phi) is 5.90. The fourth-order valence-electron chi connectivity index (χ4n) is 4.25. The van der Waals surface area contributed by atoms with Gasteiger partial charge in [-0.1, -0.05) is 55.8 Å². The van der Waals surface area contributed by atoms with Gasteiger partial charge in [-0.3, -0.25) is 9.71 Å². The lowest BCUT2D eigenvalue weighted by atomic mass is 10.0. The second kappa shape index (κ2) is 9.03. The second-order valence-electron chi connectivity index (χ2n) is 8.31. The van der Waals surface area contributed by atoms with Crippen LogP contribution in [0.4, 0.5) is 5.69 Å². The van der Waals surface area contributed by atoms with E-state index >= 15 is 0 Å². The van der Waals surface area contributed by atoms with Crippen LogP contribution >= 0.6 is 0 Å². The zero-order chi connectivity index (χ0) is 24.6. The van der Waals surface area contributed by atoms with E-state index in [1.807, 2.05) is 43.3 Å². The van der Waals surface area contributed by atoms with Crippen LogP contribution in [0, 0.1) is 6.92 Å². The molecule has 3 aromatic carbocycles. The van der Waals surface area contributed by atoms with Crippen molar-refractivity contribution in [2.24, 2.45) is 0 Å². The number of hydrogen-bond acceptors (Lipinski definition) is 6. The molecule has 0 fully saturated rings. The lowest BCUT2D eigenvalue weighted by molar-refractivity contribution is 0.0500. The van der Waals surface area contributed by atoms with E-state index in [9.17, 15) is 13.2 Å². The first-order valence-electron chi connectivity index (χ1n) is 11.4. The Morgan fingerprint density at radius 2 is 1.80 bits per heavy atom. The summed E-state index contributed by atoms with van der Waals surface area (Å²) in [7, 11) is -4.00. The van der Waals surface area contributed by atoms with Gasteiger partial charge in [0.2, 0.25) is 0 Å². The van der Waals surface area contributed by atoms with Crippen molar-refractivity contribution in [1.82, 2.24) is 4.98 Å². The number of anilines is 1. The molecule has 8 heteroatoms. The molecule has 0 aliphatic carbocycles. The quantitative estimate of drug-likeness (QED) is 0.216. The Bertz CT molecular complexity index is 1680. The van der Waals surface area contributed by atoms with Gasteiger partial charge in [-0.05, 0) is 31.5 Å². The third kappa shape index (κ3) is 4.10. The van der Waals surface area contributed by atoms with Crippen LogP contribution in [0.25, 0.3) is 32.6 Å². The minimum absolute atomic E-state index is 0.0716. The van der Waals surface area contributed by atoms with Crippen molar-refractivity contribution in [3.05, 3.63) is 78.2 Å². The summed E-state index contributed by atoms with van der Waals surface area (Å²) >= 11 is 0. The minimum atomic E-state index is -4.00. The molecule has 5 rings (SSSR count). The van der Waals surface area contributed by atoms with Gasteiger partial charge in [0.1, 0.15) is 21.8 Å². The molecular formula is C27H24N2O5S. The van der Waals surface area contributed by atoms with Crippen LogP contribution < -0.4 is 4.72 Å². The number of aryl methyl sites for hydroxylation is 1. The summed E-state index contributed by atoms with van der Waals surface area (Å²) in [5.41, 5.74) is 1.53. The number of rotatable bonds is 7. The monoisotopic (exact) mass is 488 g/mol. The highest BCUT2D eigenvalue weighted by Gasteiger charge is 2.25. The van der Waals surface area contributed by atoms with Gasteiger partial charge in [0, 0.05) is 27.7 Å². The molecule has 0 saturated heterocycles. The first kappa shape index (κ1) is 22.9. The Labute approximate surface area is 202 Å². The maximum atomic E-state index is 13.5. The molecular weight excluding hydrogens is 464 g/mol. The summed E-state index contributed by atoms with van der Waals surface area (Å²) in [6.07, 6.45) is 3.22. The molecule has 0 atom stereocenters. The van der Waals surface area contributed by atoms with Crippen molar-refractivity contribution < 1.29 is 22.4 Å². The van der Waals surface area contributed by atoms with E-state index < -0.39 is 16.0 Å². The molecule has 7 nitrogen and oxygen atoms in total. The van der Waals surface area contributed by atoms with Crippen LogP contribution in [0.2, 0.25) is 0 Å². The molecule has 2 heterocycles. The number of hydrogen-bond donors (Lipinski definition) is 1. The molecule has 178 valence electrons. The third-order valence-corrected chi connectivity index (χ3v) is 7.33. The predicted octanol–water partition coefficient (Wildman–Crippen LogP) is 6.20. The summed E-state index contributed by atoms with van der Waals surface area (Å²) in [6.45, 7) is 4.03. The zero-order valence-electron chi connectivity index (χ0n) is 19.4. The van der Waals surface area contributed by atoms with Gasteiger partial charge >= 0.3 is 5.97 Å². The maximum absolute atomic E-state index is 13.5. The molecule has 0 aliphatic rings. The number of esters is 1. The fourth-order valence-corrected chi connectivity index (χ4v) is 5.50. The fraction of sp³-hybridized carbons (Fsp3) is 0.185. The van der Waals surface area contributed by atoms with E-state index in [0.717, 1.165) is 18.2 Å². The van der Waals surface area contributed by atoms with Crippen molar-refractivity contribution in [2.75, 3.05) is 11.3 Å². The minimum Gasteiger partial charge on any atom is -0.462 e. The molecule has 0 aliphatic heterocycles. The van der Waals surface area contributed by atoms with Crippen LogP contribution in [0.5, 0.6) is 0 Å². The number of pyridine rings is 1. The highest BCUT2D eigenvalue weighted by molar-refractivity contribution is 7.93. The number of aromatic nitrogens is 1. The Hall–Kier alpha value is -3.91. The van der Waals surface area contributed by atoms with Gasteiger partial charge in [0.25, 0.3) is 10.0 Å². The Morgan fingerprint density at radius 3 is 2.60 bits per heavy atom. The first-order chi connectivity index (χ1) is 16.9. The van der Waals surface area contributed by atoms with Gasteiger partial charge in [-0.25, -0.2) is 13.2 Å². The number of sulfonamides is 1. The van der Waals surface area contributed by atoms with Crippen molar-refractivity contribution in [2.45, 2.75) is 31.6 Å². The van der Waals surface area contributed by atoms with Crippen LogP contribution in [0.3, 0.4) is 0 Å². The number of para-hydroxylation sites is 1. The molecule has 5 aromatic rings. The number of nitrogens with zero attached hydrogens (tertiary/aromatic N) is 1. The number of carbonyl (C=O) groups is 1. The molecule has 0 saturated carbocycles. The third-order valence-electron chi connectivity index (χ3n) is 5.94. The lowest BCUT2D eigenvalue weighted by Gasteiger charge is -2.13. The molecule has 35 heavy (non-hydrogen) atoms. The summed E-state index contributed by atoms with van der Waals surface area (Å²) in [5.74, 6) is -0.0676. The molecule has 0 spiro atoms. The average molecular weight is 489 g/mol. The number of fused-ring (bicyclic) bond motifs is 4. The van der Waals surface area contributed by atoms with Crippen LogP contribution in [-0.4, -0.2) is 26.0 Å². The van der Waals surface area contributed by atoms with E-state index in [1.165, 1.54) is 6.07 Å². The van der Waals surface area contributed by atoms with Crippen molar-refractivity contribution >= 4 is 54.3 Å². The van der Waals surface area contributed by atoms with Crippen molar-refractivity contribution in [3.63, 3.8) is 0 Å². The SMILES string of the molecule is CCCCOC(=O)c1c(C)oc2c1cc(NS(=O)(=O)c1cccc3cccnc13)c1ccccc12. The lowest BCUT2D eigenvalue weighted by Crippen LogP contribution is -2.14. The normalized spacial score (nSPS) is 11.8.